The van der Waals surface area contributed by atoms with E-state index >= 15 is 0 Å². The first-order chi connectivity index (χ1) is 20.5. The van der Waals surface area contributed by atoms with E-state index in [4.69, 9.17) is 4.74 Å². The summed E-state index contributed by atoms with van der Waals surface area (Å²) in [5.74, 6) is -0.643. The second kappa shape index (κ2) is 16.2. The summed E-state index contributed by atoms with van der Waals surface area (Å²) >= 11 is 0. The number of hydrogen-bond donors (Lipinski definition) is 4. The van der Waals surface area contributed by atoms with Crippen LogP contribution in [0.15, 0.2) is 48.5 Å². The minimum Gasteiger partial charge on any atom is -0.508 e. The molecule has 2 aromatic carbocycles. The molecule has 0 spiro atoms. The Morgan fingerprint density at radius 3 is 2.28 bits per heavy atom. The number of ether oxygens (including phenoxy) is 1. The Balaban J connectivity index is 2.02. The Morgan fingerprint density at radius 2 is 1.65 bits per heavy atom. The lowest BCUT2D eigenvalue weighted by Crippen LogP contribution is -2.54. The Morgan fingerprint density at radius 1 is 0.953 bits per heavy atom. The molecule has 1 aliphatic rings. The van der Waals surface area contributed by atoms with Gasteiger partial charge in [-0.05, 0) is 75.4 Å². The third-order valence-corrected chi connectivity index (χ3v) is 7.60. The molecule has 3 rings (SSSR count). The highest BCUT2D eigenvalue weighted by atomic mass is 16.6. The first kappa shape index (κ1) is 33.7. The van der Waals surface area contributed by atoms with Crippen LogP contribution < -0.4 is 10.6 Å². The van der Waals surface area contributed by atoms with E-state index in [-0.39, 0.29) is 29.9 Å². The van der Waals surface area contributed by atoms with Crippen molar-refractivity contribution in [3.8, 4) is 11.5 Å². The minimum atomic E-state index is -1.05. The van der Waals surface area contributed by atoms with Gasteiger partial charge >= 0.3 is 6.09 Å². The van der Waals surface area contributed by atoms with Crippen LogP contribution in [0, 0.1) is 0 Å². The highest BCUT2D eigenvalue weighted by Gasteiger charge is 2.37. The Labute approximate surface area is 256 Å². The number of phenols is 2. The molecule has 0 heterocycles. The van der Waals surface area contributed by atoms with Crippen molar-refractivity contribution in [2.24, 2.45) is 0 Å². The zero-order valence-electron chi connectivity index (χ0n) is 26.1. The van der Waals surface area contributed by atoms with E-state index in [1.807, 2.05) is 0 Å². The lowest BCUT2D eigenvalue weighted by atomic mass is 9.94. The SMILES string of the molecule is CCCCCCN(C(=O)C(Cc1ccc(O)cc1)NC(=O)OC(C)(C)C)C(C(=O)NC1CCCCC1)c1cccc(O)c1. The number of phenolic OH excluding ortho intramolecular Hbond substituents is 2. The van der Waals surface area contributed by atoms with Crippen molar-refractivity contribution in [2.75, 3.05) is 6.54 Å². The fourth-order valence-corrected chi connectivity index (χ4v) is 5.49. The quantitative estimate of drug-likeness (QED) is 0.206. The van der Waals surface area contributed by atoms with Gasteiger partial charge in [-0.3, -0.25) is 9.59 Å². The number of benzene rings is 2. The molecule has 3 amide bonds. The van der Waals surface area contributed by atoms with Gasteiger partial charge in [-0.1, -0.05) is 69.7 Å². The van der Waals surface area contributed by atoms with Crippen molar-refractivity contribution >= 4 is 17.9 Å². The number of carbonyl (C=O) groups excluding carboxylic acids is 3. The Hall–Kier alpha value is -3.75. The number of nitrogens with one attached hydrogen (secondary N) is 2. The van der Waals surface area contributed by atoms with Gasteiger partial charge in [0.05, 0.1) is 0 Å². The third kappa shape index (κ3) is 11.1. The fraction of sp³-hybridized carbons (Fsp3) is 0.559. The molecule has 2 atom stereocenters. The number of unbranched alkanes of at least 4 members (excludes halogenated alkanes) is 3. The summed E-state index contributed by atoms with van der Waals surface area (Å²) in [6, 6.07) is 10.9. The number of nitrogens with zero attached hydrogens (tertiary/aromatic N) is 1. The van der Waals surface area contributed by atoms with E-state index in [1.54, 1.807) is 49.9 Å². The van der Waals surface area contributed by atoms with Gasteiger partial charge < -0.3 is 30.5 Å². The van der Waals surface area contributed by atoms with Crippen LogP contribution in [0.4, 0.5) is 4.79 Å². The van der Waals surface area contributed by atoms with E-state index in [0.717, 1.165) is 56.9 Å². The molecule has 236 valence electrons. The van der Waals surface area contributed by atoms with E-state index < -0.39 is 29.7 Å². The number of aromatic hydroxyl groups is 2. The molecule has 2 aromatic rings. The number of alkyl carbamates (subject to hydrolysis) is 1. The summed E-state index contributed by atoms with van der Waals surface area (Å²) in [5.41, 5.74) is 0.441. The zero-order valence-corrected chi connectivity index (χ0v) is 26.1. The molecular formula is C34H49N3O6. The van der Waals surface area contributed by atoms with E-state index in [2.05, 4.69) is 17.6 Å². The van der Waals surface area contributed by atoms with Crippen molar-refractivity contribution in [2.45, 2.75) is 116 Å². The predicted octanol–water partition coefficient (Wildman–Crippen LogP) is 6.13. The van der Waals surface area contributed by atoms with Gasteiger partial charge in [-0.2, -0.15) is 0 Å². The normalized spacial score (nSPS) is 15.3. The number of hydrogen-bond acceptors (Lipinski definition) is 6. The molecule has 1 saturated carbocycles. The molecule has 0 aromatic heterocycles. The minimum absolute atomic E-state index is 0.00104. The van der Waals surface area contributed by atoms with Gasteiger partial charge in [0.15, 0.2) is 0 Å². The maximum absolute atomic E-state index is 14.5. The molecule has 4 N–H and O–H groups in total. The molecule has 0 radical (unpaired) electrons. The fourth-order valence-electron chi connectivity index (χ4n) is 5.49. The smallest absolute Gasteiger partial charge is 0.408 e. The van der Waals surface area contributed by atoms with E-state index in [1.165, 1.54) is 24.3 Å². The summed E-state index contributed by atoms with van der Waals surface area (Å²) < 4.78 is 5.50. The van der Waals surface area contributed by atoms with Crippen LogP contribution in [0.2, 0.25) is 0 Å². The number of carbonyl (C=O) groups is 3. The van der Waals surface area contributed by atoms with Crippen molar-refractivity contribution in [1.29, 1.82) is 0 Å². The average Bonchev–Trinajstić information content (AvgIpc) is 2.94. The number of rotatable bonds is 13. The summed E-state index contributed by atoms with van der Waals surface area (Å²) in [5, 5.41) is 26.1. The third-order valence-electron chi connectivity index (χ3n) is 7.60. The molecule has 9 heteroatoms. The summed E-state index contributed by atoms with van der Waals surface area (Å²) in [6.45, 7) is 7.64. The maximum atomic E-state index is 14.5. The van der Waals surface area contributed by atoms with Crippen LogP contribution in [0.25, 0.3) is 0 Å². The molecule has 1 fully saturated rings. The monoisotopic (exact) mass is 595 g/mol. The average molecular weight is 596 g/mol. The molecular weight excluding hydrogens is 546 g/mol. The molecule has 9 nitrogen and oxygen atoms in total. The van der Waals surface area contributed by atoms with Gasteiger partial charge in [-0.25, -0.2) is 4.79 Å². The Bertz CT molecular complexity index is 1190. The first-order valence-electron chi connectivity index (χ1n) is 15.6. The molecule has 0 bridgehead atoms. The molecule has 0 saturated heterocycles. The van der Waals surface area contributed by atoms with Crippen LogP contribution >= 0.6 is 0 Å². The van der Waals surface area contributed by atoms with E-state index in [9.17, 15) is 24.6 Å². The Kier molecular flexibility index (Phi) is 12.7. The molecule has 2 unspecified atom stereocenters. The van der Waals surface area contributed by atoms with Gasteiger partial charge in [0.1, 0.15) is 29.2 Å². The van der Waals surface area contributed by atoms with Gasteiger partial charge in [0.2, 0.25) is 11.8 Å². The van der Waals surface area contributed by atoms with Gasteiger partial charge in [0, 0.05) is 19.0 Å². The molecule has 1 aliphatic carbocycles. The first-order valence-corrected chi connectivity index (χ1v) is 15.6. The lowest BCUT2D eigenvalue weighted by Gasteiger charge is -2.36. The van der Waals surface area contributed by atoms with Crippen LogP contribution in [-0.2, 0) is 20.7 Å². The number of amides is 3. The lowest BCUT2D eigenvalue weighted by molar-refractivity contribution is -0.143. The maximum Gasteiger partial charge on any atom is 0.408 e. The van der Waals surface area contributed by atoms with Crippen LogP contribution in [0.1, 0.15) is 103 Å². The molecule has 0 aliphatic heterocycles. The van der Waals surface area contributed by atoms with Crippen LogP contribution in [0.3, 0.4) is 0 Å². The van der Waals surface area contributed by atoms with Crippen molar-refractivity contribution < 1.29 is 29.3 Å². The highest BCUT2D eigenvalue weighted by Crippen LogP contribution is 2.28. The zero-order chi connectivity index (χ0) is 31.4. The van der Waals surface area contributed by atoms with Gasteiger partial charge in [-0.15, -0.1) is 0 Å². The highest BCUT2D eigenvalue weighted by molar-refractivity contribution is 5.92. The predicted molar refractivity (Wildman–Crippen MR) is 167 cm³/mol. The van der Waals surface area contributed by atoms with Gasteiger partial charge in [0.25, 0.3) is 0 Å². The summed E-state index contributed by atoms with van der Waals surface area (Å²) in [7, 11) is 0. The van der Waals surface area contributed by atoms with Crippen molar-refractivity contribution in [1.82, 2.24) is 15.5 Å². The standard InChI is InChI=1S/C34H49N3O6/c1-5-6-7-11-21-37(30(25-13-12-16-28(39)23-25)31(40)35-26-14-9-8-10-15-26)32(41)29(36-33(42)43-34(2,3)4)22-24-17-19-27(38)20-18-24/h12-13,16-20,23,26,29-30,38-39H,5-11,14-15,21-22H2,1-4H3,(H,35,40)(H,36,42). The second-order valence-electron chi connectivity index (χ2n) is 12.5. The largest absolute Gasteiger partial charge is 0.508 e. The topological polar surface area (TPSA) is 128 Å². The molecule has 43 heavy (non-hydrogen) atoms. The van der Waals surface area contributed by atoms with E-state index in [0.29, 0.717) is 18.5 Å². The summed E-state index contributed by atoms with van der Waals surface area (Å²) in [4.78, 5) is 43.1. The van der Waals surface area contributed by atoms with Crippen molar-refractivity contribution in [3.05, 3.63) is 59.7 Å². The van der Waals surface area contributed by atoms with Crippen LogP contribution in [0.5, 0.6) is 11.5 Å². The van der Waals surface area contributed by atoms with Crippen molar-refractivity contribution in [3.63, 3.8) is 0 Å². The second-order valence-corrected chi connectivity index (χ2v) is 12.5. The van der Waals surface area contributed by atoms with Crippen LogP contribution in [-0.4, -0.2) is 57.3 Å². The summed E-state index contributed by atoms with van der Waals surface area (Å²) in [6.07, 6.45) is 7.90.